The van der Waals surface area contributed by atoms with Crippen molar-refractivity contribution in [3.8, 4) is 0 Å². The van der Waals surface area contributed by atoms with Gasteiger partial charge in [0.2, 0.25) is 11.6 Å². The maximum atomic E-state index is 13.5. The van der Waals surface area contributed by atoms with Crippen LogP contribution in [0.15, 0.2) is 190 Å². The van der Waals surface area contributed by atoms with Crippen molar-refractivity contribution in [3.05, 3.63) is 214 Å². The molecule has 0 saturated carbocycles. The lowest BCUT2D eigenvalue weighted by atomic mass is 9.82. The molecule has 0 unspecified atom stereocenters. The van der Waals surface area contributed by atoms with Gasteiger partial charge < -0.3 is 10.6 Å². The molecule has 10 nitrogen and oxygen atoms in total. The molecule has 2 heterocycles. The molecule has 6 aromatic carbocycles. The van der Waals surface area contributed by atoms with Crippen LogP contribution in [-0.4, -0.2) is 28.4 Å². The average molecular weight is 865 g/mol. The predicted molar refractivity (Wildman–Crippen MR) is 245 cm³/mol. The third kappa shape index (κ3) is 8.70. The number of anilines is 2. The molecule has 0 aromatic heterocycles. The number of allylic oxidation sites excluding steroid dienone is 4. The highest BCUT2D eigenvalue weighted by Crippen LogP contribution is 2.46. The molecule has 62 heavy (non-hydrogen) atoms. The summed E-state index contributed by atoms with van der Waals surface area (Å²) in [6.07, 6.45) is 0. The predicted octanol–water partition coefficient (Wildman–Crippen LogP) is 9.54. The summed E-state index contributed by atoms with van der Waals surface area (Å²) in [7, 11) is -7.95. The summed E-state index contributed by atoms with van der Waals surface area (Å²) < 4.78 is 58.0. The van der Waals surface area contributed by atoms with E-state index in [1.165, 1.54) is 24.3 Å². The first-order valence-corrected chi connectivity index (χ1v) is 23.0. The number of aryl methyl sites for hydroxylation is 2. The second-order valence-electron chi connectivity index (χ2n) is 16.3. The van der Waals surface area contributed by atoms with E-state index in [1.807, 2.05) is 102 Å². The van der Waals surface area contributed by atoms with Gasteiger partial charge in [0.15, 0.2) is 0 Å². The van der Waals surface area contributed by atoms with Crippen LogP contribution in [0, 0.1) is 13.8 Å². The Balaban J connectivity index is 0.000000186. The maximum Gasteiger partial charge on any atom is 0.262 e. The number of rotatable bonds is 10. The number of benzene rings is 6. The lowest BCUT2D eigenvalue weighted by Gasteiger charge is -2.24. The zero-order valence-electron chi connectivity index (χ0n) is 35.3. The number of sulfonamides is 2. The third-order valence-electron chi connectivity index (χ3n) is 11.1. The first-order valence-electron chi connectivity index (χ1n) is 20.0. The number of fused-ring (bicyclic) bond motifs is 2. The normalized spacial score (nSPS) is 16.2. The van der Waals surface area contributed by atoms with E-state index in [4.69, 9.17) is 0 Å². The summed E-state index contributed by atoms with van der Waals surface area (Å²) in [4.78, 5) is 27.2. The van der Waals surface area contributed by atoms with Gasteiger partial charge in [-0.15, -0.1) is 0 Å². The van der Waals surface area contributed by atoms with Crippen LogP contribution in [0.3, 0.4) is 0 Å². The molecular formula is C50H48N4O6S2. The fourth-order valence-electron chi connectivity index (χ4n) is 7.59. The fourth-order valence-corrected chi connectivity index (χ4v) is 9.74. The molecule has 316 valence electrons. The molecule has 0 bridgehead atoms. The molecule has 8 rings (SSSR count). The molecule has 2 aliphatic heterocycles. The summed E-state index contributed by atoms with van der Waals surface area (Å²) in [5, 5.41) is 6.58. The Morgan fingerprint density at radius 2 is 0.742 bits per heavy atom. The highest BCUT2D eigenvalue weighted by Gasteiger charge is 2.41. The zero-order valence-corrected chi connectivity index (χ0v) is 36.9. The first kappa shape index (κ1) is 43.3. The number of hydrogen-bond donors (Lipinski definition) is 4. The van der Waals surface area contributed by atoms with Gasteiger partial charge in [0.05, 0.1) is 21.2 Å². The van der Waals surface area contributed by atoms with Crippen LogP contribution in [0.25, 0.3) is 0 Å². The van der Waals surface area contributed by atoms with Crippen LogP contribution in [0.4, 0.5) is 11.4 Å². The molecule has 0 atom stereocenters. The Bertz CT molecular complexity index is 2760. The highest BCUT2D eigenvalue weighted by atomic mass is 32.2. The molecule has 0 radical (unpaired) electrons. The van der Waals surface area contributed by atoms with E-state index in [2.05, 4.69) is 20.1 Å². The number of nitrogens with one attached hydrogen (secondary N) is 4. The molecule has 0 fully saturated rings. The Labute approximate surface area is 363 Å². The Hall–Kier alpha value is -6.76. The van der Waals surface area contributed by atoms with E-state index in [1.54, 1.807) is 72.8 Å². The van der Waals surface area contributed by atoms with E-state index in [-0.39, 0.29) is 32.8 Å². The third-order valence-corrected chi connectivity index (χ3v) is 13.9. The molecule has 0 amide bonds. The Morgan fingerprint density at radius 3 is 1.06 bits per heavy atom. The van der Waals surface area contributed by atoms with Crippen LogP contribution in [0.5, 0.6) is 0 Å². The minimum atomic E-state index is -3.97. The van der Waals surface area contributed by atoms with Gasteiger partial charge in [0, 0.05) is 33.3 Å². The van der Waals surface area contributed by atoms with Crippen molar-refractivity contribution in [2.45, 2.75) is 62.2 Å². The number of para-hydroxylation sites is 2. The fraction of sp³-hybridized carbons (Fsp3) is 0.160. The standard InChI is InChI=1S/2C25H24N2O3S/c2*1-17-13-15-19(16-14-17)31(29,30)27-22(23(28)18-9-5-4-6-10-18)24-25(2,3)20-11-7-8-12-21(20)26-24/h2*4-16,26-27H,1-3H3/b2*24-22+. The van der Waals surface area contributed by atoms with Crippen LogP contribution in [0.1, 0.15) is 70.7 Å². The lowest BCUT2D eigenvalue weighted by molar-refractivity contribution is 0.102. The monoisotopic (exact) mass is 864 g/mol. The molecule has 0 aliphatic carbocycles. The second kappa shape index (κ2) is 16.9. The molecule has 0 spiro atoms. The topological polar surface area (TPSA) is 151 Å². The van der Waals surface area contributed by atoms with Gasteiger partial charge in [-0.3, -0.25) is 19.0 Å². The van der Waals surface area contributed by atoms with E-state index in [9.17, 15) is 26.4 Å². The van der Waals surface area contributed by atoms with Crippen LogP contribution < -0.4 is 20.1 Å². The maximum absolute atomic E-state index is 13.5. The van der Waals surface area contributed by atoms with Crippen LogP contribution in [0.2, 0.25) is 0 Å². The summed E-state index contributed by atoms with van der Waals surface area (Å²) >= 11 is 0. The molecule has 2 aliphatic rings. The van der Waals surface area contributed by atoms with E-state index < -0.39 is 30.9 Å². The van der Waals surface area contributed by atoms with Gasteiger partial charge in [-0.2, -0.15) is 0 Å². The summed E-state index contributed by atoms with van der Waals surface area (Å²) in [5.41, 5.74) is 6.34. The number of hydrogen-bond acceptors (Lipinski definition) is 8. The van der Waals surface area contributed by atoms with Crippen molar-refractivity contribution in [3.63, 3.8) is 0 Å². The van der Waals surface area contributed by atoms with E-state index in [0.717, 1.165) is 33.6 Å². The highest BCUT2D eigenvalue weighted by molar-refractivity contribution is 7.90. The Morgan fingerprint density at radius 1 is 0.435 bits per heavy atom. The SMILES string of the molecule is Cc1ccc(S(=O)(=O)N/C(C(=O)c2ccccc2)=C2/Nc3ccccc3C2(C)C)cc1.Cc1ccc(S(=O)(=O)N/C(C(=O)c2ccccc2)=C2/Nc3ccccc3C2(C)C)cc1. The van der Waals surface area contributed by atoms with Gasteiger partial charge in [-0.1, -0.05) is 160 Å². The molecule has 4 N–H and O–H groups in total. The zero-order chi connectivity index (χ0) is 44.5. The molecule has 6 aromatic rings. The molecule has 0 saturated heterocycles. The number of carbonyl (C=O) groups is 2. The van der Waals surface area contributed by atoms with Crippen LogP contribution >= 0.6 is 0 Å². The van der Waals surface area contributed by atoms with Crippen molar-refractivity contribution < 1.29 is 26.4 Å². The molecule has 12 heteroatoms. The van der Waals surface area contributed by atoms with Gasteiger partial charge in [0.25, 0.3) is 20.0 Å². The van der Waals surface area contributed by atoms with E-state index in [0.29, 0.717) is 22.5 Å². The number of ketones is 2. The first-order chi connectivity index (χ1) is 29.4. The smallest absolute Gasteiger partial charge is 0.262 e. The summed E-state index contributed by atoms with van der Waals surface area (Å²) in [5.74, 6) is -0.778. The minimum absolute atomic E-state index is 0.0213. The quantitative estimate of drug-likeness (QED) is 0.0786. The second-order valence-corrected chi connectivity index (χ2v) is 19.7. The van der Waals surface area contributed by atoms with Gasteiger partial charge in [-0.25, -0.2) is 16.8 Å². The number of Topliss-reactive ketones (excluding diaryl/α,β-unsaturated/α-hetero) is 2. The van der Waals surface area contributed by atoms with Crippen molar-refractivity contribution in [2.24, 2.45) is 0 Å². The van der Waals surface area contributed by atoms with Gasteiger partial charge in [0.1, 0.15) is 11.4 Å². The van der Waals surface area contributed by atoms with Crippen molar-refractivity contribution in [2.75, 3.05) is 10.6 Å². The summed E-state index contributed by atoms with van der Waals surface area (Å²) in [6, 6.07) is 45.9. The van der Waals surface area contributed by atoms with Gasteiger partial charge in [-0.05, 0) is 61.4 Å². The minimum Gasteiger partial charge on any atom is -0.356 e. The van der Waals surface area contributed by atoms with Crippen molar-refractivity contribution >= 4 is 43.0 Å². The largest absolute Gasteiger partial charge is 0.356 e. The summed E-state index contributed by atoms with van der Waals surface area (Å²) in [6.45, 7) is 11.7. The van der Waals surface area contributed by atoms with Crippen LogP contribution in [-0.2, 0) is 30.9 Å². The lowest BCUT2D eigenvalue weighted by Crippen LogP contribution is -2.33. The van der Waals surface area contributed by atoms with Crippen molar-refractivity contribution in [1.82, 2.24) is 9.44 Å². The molecular weight excluding hydrogens is 817 g/mol. The average Bonchev–Trinajstić information content (AvgIpc) is 3.70. The van der Waals surface area contributed by atoms with Gasteiger partial charge >= 0.3 is 0 Å². The van der Waals surface area contributed by atoms with Crippen molar-refractivity contribution in [1.29, 1.82) is 0 Å². The Kier molecular flexibility index (Phi) is 11.8. The number of carbonyl (C=O) groups excluding carboxylic acids is 2. The van der Waals surface area contributed by atoms with E-state index >= 15 is 0 Å².